The van der Waals surface area contributed by atoms with Gasteiger partial charge in [-0.05, 0) is 53.2 Å². The number of hydrogen-bond donors (Lipinski definition) is 2. The summed E-state index contributed by atoms with van der Waals surface area (Å²) in [6.07, 6.45) is 3.35. The number of carbonyl (C=O) groups is 1. The van der Waals surface area contributed by atoms with Gasteiger partial charge in [-0.3, -0.25) is 14.9 Å². The molecule has 0 saturated carbocycles. The Morgan fingerprint density at radius 1 is 1.30 bits per heavy atom. The molecule has 23 heavy (non-hydrogen) atoms. The maximum absolute atomic E-state index is 12.1. The van der Waals surface area contributed by atoms with E-state index in [0.717, 1.165) is 19.9 Å². The fourth-order valence-electron chi connectivity index (χ4n) is 1.87. The molecule has 116 valence electrons. The predicted molar refractivity (Wildman–Crippen MR) is 93.5 cm³/mol. The van der Waals surface area contributed by atoms with Crippen LogP contribution in [0.5, 0.6) is 0 Å². The van der Waals surface area contributed by atoms with Gasteiger partial charge in [0, 0.05) is 18.0 Å². The van der Waals surface area contributed by atoms with Crippen LogP contribution in [-0.4, -0.2) is 26.8 Å². The second-order valence-corrected chi connectivity index (χ2v) is 7.11. The van der Waals surface area contributed by atoms with E-state index < -0.39 is 0 Å². The van der Waals surface area contributed by atoms with Crippen molar-refractivity contribution in [2.45, 2.75) is 6.92 Å². The number of nitrogens with one attached hydrogen (secondary N) is 2. The van der Waals surface area contributed by atoms with Crippen LogP contribution in [0.2, 0.25) is 0 Å². The van der Waals surface area contributed by atoms with Gasteiger partial charge in [0.25, 0.3) is 5.91 Å². The van der Waals surface area contributed by atoms with Gasteiger partial charge in [0.05, 0.1) is 20.1 Å². The van der Waals surface area contributed by atoms with Crippen molar-refractivity contribution in [1.29, 1.82) is 0 Å². The average molecular weight is 390 g/mol. The zero-order valence-electron chi connectivity index (χ0n) is 12.1. The van der Waals surface area contributed by atoms with Crippen molar-refractivity contribution >= 4 is 38.9 Å². The van der Waals surface area contributed by atoms with Crippen molar-refractivity contribution in [3.63, 3.8) is 0 Å². The van der Waals surface area contributed by atoms with Crippen molar-refractivity contribution in [3.8, 4) is 10.6 Å². The van der Waals surface area contributed by atoms with Gasteiger partial charge in [-0.25, -0.2) is 5.43 Å². The van der Waals surface area contributed by atoms with E-state index in [1.165, 1.54) is 0 Å². The van der Waals surface area contributed by atoms with Crippen LogP contribution in [0.4, 0.5) is 0 Å². The molecule has 0 unspecified atom stereocenters. The molecule has 0 radical (unpaired) electrons. The summed E-state index contributed by atoms with van der Waals surface area (Å²) in [7, 11) is 0. The summed E-state index contributed by atoms with van der Waals surface area (Å²) >= 11 is 4.97. The summed E-state index contributed by atoms with van der Waals surface area (Å²) in [5.74, 6) is -0.364. The number of hydrazone groups is 1. The highest BCUT2D eigenvalue weighted by atomic mass is 79.9. The number of carbonyl (C=O) groups excluding carboxylic acids is 1. The Labute approximate surface area is 144 Å². The molecule has 0 aliphatic rings. The fourth-order valence-corrected chi connectivity index (χ4v) is 3.22. The van der Waals surface area contributed by atoms with Crippen molar-refractivity contribution in [2.24, 2.45) is 5.10 Å². The molecule has 0 atom stereocenters. The number of amides is 1. The van der Waals surface area contributed by atoms with Crippen LogP contribution in [0.3, 0.4) is 0 Å². The normalized spacial score (nSPS) is 11.5. The summed E-state index contributed by atoms with van der Waals surface area (Å²) in [6, 6.07) is 9.25. The predicted octanol–water partition coefficient (Wildman–Crippen LogP) is 3.45. The van der Waals surface area contributed by atoms with E-state index in [-0.39, 0.29) is 11.6 Å². The zero-order chi connectivity index (χ0) is 16.2. The molecule has 3 aromatic rings. The van der Waals surface area contributed by atoms with Gasteiger partial charge in [-0.1, -0.05) is 0 Å². The van der Waals surface area contributed by atoms with Gasteiger partial charge >= 0.3 is 0 Å². The summed E-state index contributed by atoms with van der Waals surface area (Å²) in [6.45, 7) is 1.81. The van der Waals surface area contributed by atoms with Gasteiger partial charge in [0.15, 0.2) is 5.69 Å². The van der Waals surface area contributed by atoms with Crippen molar-refractivity contribution in [3.05, 3.63) is 57.8 Å². The van der Waals surface area contributed by atoms with E-state index in [9.17, 15) is 4.79 Å². The third-order valence-corrected chi connectivity index (χ3v) is 4.73. The molecule has 0 fully saturated rings. The minimum Gasteiger partial charge on any atom is -0.276 e. The number of hydrogen-bond acceptors (Lipinski definition) is 5. The molecule has 0 bridgehead atoms. The third kappa shape index (κ3) is 3.72. The van der Waals surface area contributed by atoms with Crippen LogP contribution in [0.25, 0.3) is 10.6 Å². The minimum absolute atomic E-state index is 0.288. The largest absolute Gasteiger partial charge is 0.291 e. The van der Waals surface area contributed by atoms with E-state index in [1.807, 2.05) is 31.2 Å². The number of nitrogens with zero attached hydrogens (tertiary/aromatic N) is 3. The number of thiophene rings is 1. The SMILES string of the molecule is CC(=NNC(=O)c1cc(-c2ccc(Br)s2)[nH]n1)c1ccncc1. The molecule has 3 rings (SSSR count). The van der Waals surface area contributed by atoms with E-state index in [2.05, 4.69) is 41.6 Å². The van der Waals surface area contributed by atoms with Gasteiger partial charge in [0.1, 0.15) is 0 Å². The number of H-pyrrole nitrogens is 1. The lowest BCUT2D eigenvalue weighted by atomic mass is 10.2. The minimum atomic E-state index is -0.364. The Balaban J connectivity index is 1.71. The topological polar surface area (TPSA) is 83.0 Å². The van der Waals surface area contributed by atoms with E-state index in [4.69, 9.17) is 0 Å². The van der Waals surface area contributed by atoms with E-state index >= 15 is 0 Å². The number of aromatic nitrogens is 3. The van der Waals surface area contributed by atoms with Crippen LogP contribution in [0, 0.1) is 0 Å². The van der Waals surface area contributed by atoms with Crippen LogP contribution in [0.1, 0.15) is 23.0 Å². The molecule has 0 aliphatic heterocycles. The maximum Gasteiger partial charge on any atom is 0.291 e. The summed E-state index contributed by atoms with van der Waals surface area (Å²) in [4.78, 5) is 17.1. The molecule has 1 amide bonds. The molecular formula is C15H12BrN5OS. The number of halogens is 1. The highest BCUT2D eigenvalue weighted by Gasteiger charge is 2.12. The molecule has 2 N–H and O–H groups in total. The summed E-state index contributed by atoms with van der Waals surface area (Å²) in [5, 5.41) is 11.0. The maximum atomic E-state index is 12.1. The molecule has 3 heterocycles. The average Bonchev–Trinajstić information content (AvgIpc) is 3.22. The zero-order valence-corrected chi connectivity index (χ0v) is 14.5. The Hall–Kier alpha value is -2.32. The molecule has 0 aliphatic carbocycles. The van der Waals surface area contributed by atoms with Crippen LogP contribution < -0.4 is 5.43 Å². The lowest BCUT2D eigenvalue weighted by Gasteiger charge is -2.00. The monoisotopic (exact) mass is 389 g/mol. The number of rotatable bonds is 4. The third-order valence-electron chi connectivity index (χ3n) is 3.07. The van der Waals surface area contributed by atoms with E-state index in [1.54, 1.807) is 29.8 Å². The van der Waals surface area contributed by atoms with Crippen LogP contribution in [-0.2, 0) is 0 Å². The molecule has 3 aromatic heterocycles. The first-order chi connectivity index (χ1) is 11.1. The van der Waals surface area contributed by atoms with Gasteiger partial charge in [0.2, 0.25) is 0 Å². The van der Waals surface area contributed by atoms with Gasteiger partial charge < -0.3 is 0 Å². The Morgan fingerprint density at radius 2 is 2.09 bits per heavy atom. The van der Waals surface area contributed by atoms with Crippen molar-refractivity contribution in [1.82, 2.24) is 20.6 Å². The highest BCUT2D eigenvalue weighted by molar-refractivity contribution is 9.11. The van der Waals surface area contributed by atoms with Gasteiger partial charge in [-0.15, -0.1) is 11.3 Å². The Bertz CT molecular complexity index is 856. The van der Waals surface area contributed by atoms with Crippen molar-refractivity contribution < 1.29 is 4.79 Å². The van der Waals surface area contributed by atoms with Crippen molar-refractivity contribution in [2.75, 3.05) is 0 Å². The quantitative estimate of drug-likeness (QED) is 0.529. The summed E-state index contributed by atoms with van der Waals surface area (Å²) in [5.41, 5.74) is 5.18. The molecule has 0 aromatic carbocycles. The number of pyridine rings is 1. The first kappa shape index (κ1) is 15.6. The van der Waals surface area contributed by atoms with Gasteiger partial charge in [-0.2, -0.15) is 10.2 Å². The Morgan fingerprint density at radius 3 is 2.78 bits per heavy atom. The van der Waals surface area contributed by atoms with Crippen LogP contribution >= 0.6 is 27.3 Å². The lowest BCUT2D eigenvalue weighted by molar-refractivity contribution is 0.0950. The van der Waals surface area contributed by atoms with E-state index in [0.29, 0.717) is 5.71 Å². The summed E-state index contributed by atoms with van der Waals surface area (Å²) < 4.78 is 1.02. The first-order valence-corrected chi connectivity index (χ1v) is 8.30. The highest BCUT2D eigenvalue weighted by Crippen LogP contribution is 2.30. The second kappa shape index (κ2) is 6.84. The smallest absolute Gasteiger partial charge is 0.276 e. The standard InChI is InChI=1S/C15H12BrN5OS/c1-9(10-4-6-17-7-5-10)18-21-15(22)12-8-11(19-20-12)13-2-3-14(16)23-13/h2-8H,1H3,(H,19,20)(H,21,22). The lowest BCUT2D eigenvalue weighted by Crippen LogP contribution is -2.19. The molecule has 0 spiro atoms. The first-order valence-electron chi connectivity index (χ1n) is 6.69. The Kier molecular flexibility index (Phi) is 4.63. The fraction of sp³-hybridized carbons (Fsp3) is 0.0667. The second-order valence-electron chi connectivity index (χ2n) is 4.64. The molecule has 0 saturated heterocycles. The molecular weight excluding hydrogens is 378 g/mol. The molecule has 8 heteroatoms. The van der Waals surface area contributed by atoms with Crippen LogP contribution in [0.15, 0.2) is 51.6 Å². The number of aromatic amines is 1. The molecule has 6 nitrogen and oxygen atoms in total.